The minimum absolute atomic E-state index is 0.0328. The lowest BCUT2D eigenvalue weighted by molar-refractivity contribution is -0.137. The topological polar surface area (TPSA) is 204 Å². The highest BCUT2D eigenvalue weighted by atomic mass is 16.5. The van der Waals surface area contributed by atoms with Gasteiger partial charge in [0, 0.05) is 107 Å². The first-order valence-corrected chi connectivity index (χ1v) is 28.4. The Balaban J connectivity index is 0.694. The number of carbonyl (C=O) groups excluding carboxylic acids is 4. The second kappa shape index (κ2) is 27.1. The van der Waals surface area contributed by atoms with Gasteiger partial charge in [-0.2, -0.15) is 0 Å². The molecule has 5 aromatic rings. The maximum absolute atomic E-state index is 14.4. The average molecular weight is 1070 g/mol. The zero-order valence-electron chi connectivity index (χ0n) is 45.7. The molecule has 416 valence electrons. The van der Waals surface area contributed by atoms with Crippen molar-refractivity contribution >= 4 is 40.3 Å². The molecule has 3 saturated heterocycles. The normalized spacial score (nSPS) is 18.1. The number of piperidine rings is 2. The minimum Gasteiger partial charge on any atom is -0.497 e. The lowest BCUT2D eigenvalue weighted by atomic mass is 9.83. The maximum atomic E-state index is 14.4. The van der Waals surface area contributed by atoms with Crippen LogP contribution in [0.1, 0.15) is 121 Å². The van der Waals surface area contributed by atoms with Gasteiger partial charge in [0.2, 0.25) is 11.8 Å². The number of hydrogen-bond acceptors (Lipinski definition) is 13. The van der Waals surface area contributed by atoms with Crippen LogP contribution in [0.15, 0.2) is 83.9 Å². The van der Waals surface area contributed by atoms with E-state index in [2.05, 4.69) is 40.7 Å². The van der Waals surface area contributed by atoms with Crippen molar-refractivity contribution in [2.75, 3.05) is 90.7 Å². The van der Waals surface area contributed by atoms with E-state index in [9.17, 15) is 24.0 Å². The lowest BCUT2D eigenvalue weighted by Gasteiger charge is -2.37. The smallest absolute Gasteiger partial charge is 0.269 e. The summed E-state index contributed by atoms with van der Waals surface area (Å²) in [6.45, 7) is 12.2. The fraction of sp³-hybridized carbons (Fsp3) is 0.517. The third-order valence-electron chi connectivity index (χ3n) is 16.1. The van der Waals surface area contributed by atoms with Gasteiger partial charge in [0.15, 0.2) is 0 Å². The molecule has 6 heterocycles. The Morgan fingerprint density at radius 3 is 2.37 bits per heavy atom. The van der Waals surface area contributed by atoms with E-state index in [0.29, 0.717) is 88.8 Å². The number of methoxy groups -OCH3 is 1. The van der Waals surface area contributed by atoms with E-state index in [1.165, 1.54) is 0 Å². The first kappa shape index (κ1) is 55.9. The number of ether oxygens (including phenoxy) is 3. The number of nitrogens with one attached hydrogen (secondary N) is 4. The molecule has 1 aliphatic carbocycles. The summed E-state index contributed by atoms with van der Waals surface area (Å²) in [5.41, 5.74) is 7.10. The van der Waals surface area contributed by atoms with Gasteiger partial charge in [-0.15, -0.1) is 0 Å². The molecule has 2 aromatic carbocycles. The maximum Gasteiger partial charge on any atom is 0.269 e. The van der Waals surface area contributed by atoms with Crippen molar-refractivity contribution in [2.24, 2.45) is 5.92 Å². The molecule has 18 nitrogen and oxygen atoms in total. The fourth-order valence-corrected chi connectivity index (χ4v) is 11.6. The Morgan fingerprint density at radius 2 is 1.62 bits per heavy atom. The number of aryl methyl sites for hydroxylation is 1. The quantitative estimate of drug-likeness (QED) is 0.0604. The van der Waals surface area contributed by atoms with Gasteiger partial charge in [-0.25, -0.2) is 4.98 Å². The number of H-pyrrole nitrogens is 1. The van der Waals surface area contributed by atoms with Crippen LogP contribution in [-0.4, -0.2) is 151 Å². The molecular formula is C60H78N10O8. The molecule has 78 heavy (non-hydrogen) atoms. The van der Waals surface area contributed by atoms with Crippen LogP contribution >= 0.6 is 0 Å². The Bertz CT molecular complexity index is 2890. The van der Waals surface area contributed by atoms with E-state index >= 15 is 0 Å². The summed E-state index contributed by atoms with van der Waals surface area (Å²) in [6, 6.07) is 20.4. The molecule has 1 unspecified atom stereocenters. The van der Waals surface area contributed by atoms with Crippen molar-refractivity contribution in [2.45, 2.75) is 109 Å². The van der Waals surface area contributed by atoms with Crippen LogP contribution in [0, 0.1) is 5.92 Å². The predicted molar refractivity (Wildman–Crippen MR) is 300 cm³/mol. The fourth-order valence-electron chi connectivity index (χ4n) is 11.6. The number of anilines is 1. The molecule has 3 aliphatic heterocycles. The van der Waals surface area contributed by atoms with Gasteiger partial charge < -0.3 is 49.8 Å². The highest BCUT2D eigenvalue weighted by molar-refractivity contribution is 5.98. The van der Waals surface area contributed by atoms with Gasteiger partial charge in [0.25, 0.3) is 17.4 Å². The van der Waals surface area contributed by atoms with Crippen molar-refractivity contribution in [1.82, 2.24) is 45.6 Å². The van der Waals surface area contributed by atoms with Crippen LogP contribution in [0.5, 0.6) is 11.5 Å². The molecule has 0 radical (unpaired) electrons. The number of fused-ring (bicyclic) bond motifs is 1. The monoisotopic (exact) mass is 1070 g/mol. The molecule has 3 aromatic heterocycles. The van der Waals surface area contributed by atoms with Crippen LogP contribution in [0.4, 0.5) is 5.69 Å². The van der Waals surface area contributed by atoms with Crippen molar-refractivity contribution in [3.05, 3.63) is 123 Å². The predicted octanol–water partition coefficient (Wildman–Crippen LogP) is 6.22. The first-order valence-electron chi connectivity index (χ1n) is 28.4. The molecule has 4 amide bonds. The highest BCUT2D eigenvalue weighted by Gasteiger charge is 2.36. The second-order valence-electron chi connectivity index (χ2n) is 21.2. The molecule has 4 fully saturated rings. The summed E-state index contributed by atoms with van der Waals surface area (Å²) >= 11 is 0. The van der Waals surface area contributed by atoms with Crippen LogP contribution in [-0.2, 0) is 33.8 Å². The Labute approximate surface area is 458 Å². The van der Waals surface area contributed by atoms with Gasteiger partial charge in [-0.3, -0.25) is 33.9 Å². The van der Waals surface area contributed by atoms with E-state index in [-0.39, 0.29) is 53.7 Å². The van der Waals surface area contributed by atoms with Crippen molar-refractivity contribution in [3.63, 3.8) is 0 Å². The molecule has 0 bridgehead atoms. The lowest BCUT2D eigenvalue weighted by Crippen LogP contribution is -2.54. The van der Waals surface area contributed by atoms with Crippen molar-refractivity contribution in [1.29, 1.82) is 0 Å². The van der Waals surface area contributed by atoms with Gasteiger partial charge in [0.1, 0.15) is 23.2 Å². The summed E-state index contributed by atoms with van der Waals surface area (Å²) in [5, 5.41) is 9.46. The third-order valence-corrected chi connectivity index (χ3v) is 16.1. The van der Waals surface area contributed by atoms with Crippen LogP contribution in [0.25, 0.3) is 11.0 Å². The van der Waals surface area contributed by atoms with Crippen LogP contribution < -0.4 is 35.9 Å². The highest BCUT2D eigenvalue weighted by Crippen LogP contribution is 2.31. The van der Waals surface area contributed by atoms with E-state index in [1.807, 2.05) is 90.5 Å². The summed E-state index contributed by atoms with van der Waals surface area (Å²) in [6.07, 6.45) is 12.4. The second-order valence-corrected chi connectivity index (χ2v) is 21.2. The molecular weight excluding hydrogens is 989 g/mol. The van der Waals surface area contributed by atoms with Crippen molar-refractivity contribution in [3.8, 4) is 11.5 Å². The van der Waals surface area contributed by atoms with Gasteiger partial charge in [-0.05, 0) is 111 Å². The van der Waals surface area contributed by atoms with Gasteiger partial charge >= 0.3 is 0 Å². The number of likely N-dealkylation sites (tertiary alicyclic amines) is 2. The third kappa shape index (κ3) is 14.4. The van der Waals surface area contributed by atoms with Gasteiger partial charge in [-0.1, -0.05) is 44.4 Å². The molecule has 0 spiro atoms. The number of carbonyl (C=O) groups is 4. The zero-order valence-corrected chi connectivity index (χ0v) is 45.7. The molecule has 4 aliphatic rings. The van der Waals surface area contributed by atoms with Crippen molar-refractivity contribution < 1.29 is 33.4 Å². The first-order chi connectivity index (χ1) is 38.0. The number of amides is 4. The van der Waals surface area contributed by atoms with E-state index in [0.717, 1.165) is 122 Å². The van der Waals surface area contributed by atoms with E-state index in [4.69, 9.17) is 14.2 Å². The average Bonchev–Trinajstić information content (AvgIpc) is 3.51. The molecule has 2 atom stereocenters. The number of rotatable bonds is 21. The summed E-state index contributed by atoms with van der Waals surface area (Å²) in [4.78, 5) is 87.9. The number of aromatic amines is 1. The summed E-state index contributed by atoms with van der Waals surface area (Å²) in [5.74, 6) is 1.09. The molecule has 9 rings (SSSR count). The van der Waals surface area contributed by atoms with Crippen LogP contribution in [0.3, 0.4) is 0 Å². The number of piperazine rings is 1. The molecule has 18 heteroatoms. The SMILES string of the molecule is CCOc1cc(OC)ccc1CNCC(=O)N1CCCC(c2cccc(C(=O)N[C@H](C(=O)N3CCC(OCCNC(=O)c4ccc(N5CCN(Cc6cnc7cc(CC)c(=O)[nH]c7c6)CC5)cn4)CC3)C3CCCCC3)c2)C1. The van der Waals surface area contributed by atoms with Gasteiger partial charge in [0.05, 0.1) is 55.9 Å². The number of benzene rings is 2. The van der Waals surface area contributed by atoms with Crippen LogP contribution in [0.2, 0.25) is 0 Å². The number of aromatic nitrogens is 3. The largest absolute Gasteiger partial charge is 0.497 e. The van der Waals surface area contributed by atoms with E-state index < -0.39 is 6.04 Å². The Morgan fingerprint density at radius 1 is 0.795 bits per heavy atom. The molecule has 1 saturated carbocycles. The standard InChI is InChI=1S/C60H78N10O8/c1-4-42-33-52-53(65-57(42)72)31-41(35-63-52)39-67-26-28-68(29-27-67)48-17-19-51(64-37-48)59(74)62-22-30-78-49-20-24-69(25-21-49)60(75)56(43-11-7-6-8-12-43)66-58(73)45-14-9-13-44(32-45)47-15-10-23-70(40-47)55(71)38-61-36-46-16-18-50(76-3)34-54(46)77-5-2/h9,13-14,16-19,31-35,37,43,47,49,56,61H,4-8,10-12,15,20-30,36,38-40H2,1-3H3,(H,62,74)(H,65,72)(H,66,73)/t47?,56-/m0/s1. The number of pyridine rings is 3. The minimum atomic E-state index is -0.616. The Hall–Kier alpha value is -6.89. The molecule has 4 N–H and O–H groups in total. The number of hydrogen-bond donors (Lipinski definition) is 4. The van der Waals surface area contributed by atoms with E-state index in [1.54, 1.807) is 19.4 Å². The Kier molecular flexibility index (Phi) is 19.4. The zero-order chi connectivity index (χ0) is 54.4. The summed E-state index contributed by atoms with van der Waals surface area (Å²) in [7, 11) is 1.62. The summed E-state index contributed by atoms with van der Waals surface area (Å²) < 4.78 is 17.4. The number of nitrogens with zero attached hydrogens (tertiary/aromatic N) is 6.